The molecule has 2 N–H and O–H groups in total. The van der Waals surface area contributed by atoms with Crippen LogP contribution in [-0.2, 0) is 28.7 Å². The normalized spacial score (nSPS) is 12.2. The number of carbonyl (C=O) groups excluding carboxylic acids is 3. The molecule has 0 aliphatic carbocycles. The number of hydrogen-bond acceptors (Lipinski definition) is 7. The minimum atomic E-state index is -1.10. The van der Waals surface area contributed by atoms with Gasteiger partial charge in [0.15, 0.2) is 5.78 Å². The van der Waals surface area contributed by atoms with Crippen molar-refractivity contribution in [2.75, 3.05) is 13.2 Å². The molecule has 0 heterocycles. The van der Waals surface area contributed by atoms with Crippen molar-refractivity contribution in [3.8, 4) is 0 Å². The van der Waals surface area contributed by atoms with E-state index >= 15 is 0 Å². The van der Waals surface area contributed by atoms with E-state index in [1.807, 2.05) is 0 Å². The van der Waals surface area contributed by atoms with E-state index in [1.165, 1.54) is 13.1 Å². The zero-order valence-electron chi connectivity index (χ0n) is 13.6. The lowest BCUT2D eigenvalue weighted by atomic mass is 10.0. The summed E-state index contributed by atoms with van der Waals surface area (Å²) in [5.41, 5.74) is 0.0563. The Hall–Kier alpha value is -2.38. The summed E-state index contributed by atoms with van der Waals surface area (Å²) in [4.78, 5) is 45.7. The maximum absolute atomic E-state index is 12.1. The summed E-state index contributed by atoms with van der Waals surface area (Å²) >= 11 is 0. The lowest BCUT2D eigenvalue weighted by molar-refractivity contribution is -0.144. The van der Waals surface area contributed by atoms with Crippen LogP contribution in [0.4, 0.5) is 0 Å². The number of carbonyl (C=O) groups is 4. The molecular weight excluding hydrogens is 306 g/mol. The van der Waals surface area contributed by atoms with Crippen LogP contribution in [0.3, 0.4) is 0 Å². The first-order valence-corrected chi connectivity index (χ1v) is 7.34. The fourth-order valence-electron chi connectivity index (χ4n) is 1.50. The summed E-state index contributed by atoms with van der Waals surface area (Å²) in [5, 5.41) is 11.3. The number of nitrogens with one attached hydrogen (secondary N) is 1. The molecule has 0 aromatic heterocycles. The maximum atomic E-state index is 12.1. The van der Waals surface area contributed by atoms with Crippen LogP contribution in [-0.4, -0.2) is 48.1 Å². The van der Waals surface area contributed by atoms with Gasteiger partial charge in [0, 0.05) is 18.2 Å². The molecule has 0 aliphatic rings. The Morgan fingerprint density at radius 2 is 1.61 bits per heavy atom. The van der Waals surface area contributed by atoms with Gasteiger partial charge in [0.05, 0.1) is 26.1 Å². The van der Waals surface area contributed by atoms with Crippen molar-refractivity contribution in [3.05, 3.63) is 11.8 Å². The van der Waals surface area contributed by atoms with E-state index in [-0.39, 0.29) is 38.0 Å². The van der Waals surface area contributed by atoms with Gasteiger partial charge >= 0.3 is 17.9 Å². The van der Waals surface area contributed by atoms with Crippen LogP contribution in [0, 0.1) is 0 Å². The third kappa shape index (κ3) is 9.28. The third-order valence-corrected chi connectivity index (χ3v) is 2.74. The Kier molecular flexibility index (Phi) is 10.1. The molecule has 1 unspecified atom stereocenters. The third-order valence-electron chi connectivity index (χ3n) is 2.74. The smallest absolute Gasteiger partial charge is 0.325 e. The number of esters is 2. The van der Waals surface area contributed by atoms with E-state index < -0.39 is 29.7 Å². The lowest BCUT2D eigenvalue weighted by Crippen LogP contribution is -2.30. The van der Waals surface area contributed by atoms with E-state index in [0.29, 0.717) is 0 Å². The van der Waals surface area contributed by atoms with Gasteiger partial charge in [0.2, 0.25) is 0 Å². The number of hydrogen-bond donors (Lipinski definition) is 2. The van der Waals surface area contributed by atoms with Crippen LogP contribution in [0.25, 0.3) is 0 Å². The molecule has 0 aromatic carbocycles. The van der Waals surface area contributed by atoms with E-state index in [2.05, 4.69) is 5.32 Å². The highest BCUT2D eigenvalue weighted by atomic mass is 16.5. The topological polar surface area (TPSA) is 119 Å². The number of rotatable bonds is 11. The van der Waals surface area contributed by atoms with Crippen molar-refractivity contribution in [3.63, 3.8) is 0 Å². The van der Waals surface area contributed by atoms with Gasteiger partial charge in [-0.1, -0.05) is 0 Å². The van der Waals surface area contributed by atoms with Crippen molar-refractivity contribution in [2.45, 2.75) is 46.1 Å². The number of ketones is 1. The van der Waals surface area contributed by atoms with Crippen LogP contribution in [0.15, 0.2) is 11.8 Å². The van der Waals surface area contributed by atoms with Gasteiger partial charge in [0.25, 0.3) is 0 Å². The minimum absolute atomic E-state index is 0.0563. The molecule has 23 heavy (non-hydrogen) atoms. The summed E-state index contributed by atoms with van der Waals surface area (Å²) < 4.78 is 9.50. The molecule has 8 heteroatoms. The predicted molar refractivity (Wildman–Crippen MR) is 80.4 cm³/mol. The van der Waals surface area contributed by atoms with Gasteiger partial charge in [-0.2, -0.15) is 0 Å². The first-order chi connectivity index (χ1) is 10.8. The maximum Gasteiger partial charge on any atom is 0.325 e. The Morgan fingerprint density at radius 1 is 1.04 bits per heavy atom. The summed E-state index contributed by atoms with van der Waals surface area (Å²) in [6.07, 6.45) is 0.645. The molecule has 0 saturated carbocycles. The highest BCUT2D eigenvalue weighted by Gasteiger charge is 2.18. The summed E-state index contributed by atoms with van der Waals surface area (Å²) in [6.45, 7) is 5.07. The zero-order chi connectivity index (χ0) is 17.8. The van der Waals surface area contributed by atoms with Crippen molar-refractivity contribution in [2.24, 2.45) is 0 Å². The fourth-order valence-corrected chi connectivity index (χ4v) is 1.50. The second kappa shape index (κ2) is 11.2. The largest absolute Gasteiger partial charge is 0.480 e. The van der Waals surface area contributed by atoms with Crippen LogP contribution >= 0.6 is 0 Å². The summed E-state index contributed by atoms with van der Waals surface area (Å²) in [6, 6.07) is -0.926. The molecule has 0 amide bonds. The lowest BCUT2D eigenvalue weighted by Gasteiger charge is -2.10. The van der Waals surface area contributed by atoms with Crippen molar-refractivity contribution in [1.82, 2.24) is 5.32 Å². The quantitative estimate of drug-likeness (QED) is 0.422. The minimum Gasteiger partial charge on any atom is -0.480 e. The second-order valence-electron chi connectivity index (χ2n) is 4.61. The van der Waals surface area contributed by atoms with E-state index in [1.54, 1.807) is 13.8 Å². The van der Waals surface area contributed by atoms with Crippen LogP contribution in [0.2, 0.25) is 0 Å². The molecular formula is C15H23NO7. The van der Waals surface area contributed by atoms with E-state index in [0.717, 1.165) is 0 Å². The van der Waals surface area contributed by atoms with Crippen LogP contribution in [0.1, 0.15) is 40.0 Å². The Morgan fingerprint density at radius 3 is 2.13 bits per heavy atom. The molecule has 8 nitrogen and oxygen atoms in total. The zero-order valence-corrected chi connectivity index (χ0v) is 13.6. The SMILES string of the molecule is CCOC(=O)CCC(=O)/C(=C\NC(C)C(=O)O)CC(=O)OCC. The molecule has 1 atom stereocenters. The Labute approximate surface area is 134 Å². The fraction of sp³-hybridized carbons (Fsp3) is 0.600. The van der Waals surface area contributed by atoms with Gasteiger partial charge in [-0.3, -0.25) is 19.2 Å². The van der Waals surface area contributed by atoms with Gasteiger partial charge in [-0.15, -0.1) is 0 Å². The van der Waals surface area contributed by atoms with Crippen LogP contribution < -0.4 is 5.32 Å². The molecule has 0 bridgehead atoms. The molecule has 0 saturated heterocycles. The molecule has 0 aromatic rings. The highest BCUT2D eigenvalue weighted by molar-refractivity contribution is 6.00. The van der Waals surface area contributed by atoms with Crippen molar-refractivity contribution in [1.29, 1.82) is 0 Å². The van der Waals surface area contributed by atoms with Crippen molar-refractivity contribution >= 4 is 23.7 Å². The average Bonchev–Trinajstić information content (AvgIpc) is 2.49. The molecule has 0 rings (SSSR count). The molecule has 0 spiro atoms. The first kappa shape index (κ1) is 20.6. The van der Waals surface area contributed by atoms with Gasteiger partial charge < -0.3 is 19.9 Å². The summed E-state index contributed by atoms with van der Waals surface area (Å²) in [5.74, 6) is -2.66. The number of carboxylic acids is 1. The highest BCUT2D eigenvalue weighted by Crippen LogP contribution is 2.09. The molecule has 130 valence electrons. The monoisotopic (exact) mass is 329 g/mol. The molecule has 0 fully saturated rings. The van der Waals surface area contributed by atoms with Crippen molar-refractivity contribution < 1.29 is 33.8 Å². The number of aliphatic carboxylic acids is 1. The van der Waals surface area contributed by atoms with Gasteiger partial charge in [0.1, 0.15) is 6.04 Å². The second-order valence-corrected chi connectivity index (χ2v) is 4.61. The molecule has 0 radical (unpaired) electrons. The Balaban J connectivity index is 4.84. The number of ether oxygens (including phenoxy) is 2. The average molecular weight is 329 g/mol. The number of carboxylic acid groups (broad SMARTS) is 1. The van der Waals surface area contributed by atoms with Gasteiger partial charge in [-0.25, -0.2) is 0 Å². The van der Waals surface area contributed by atoms with E-state index in [4.69, 9.17) is 14.6 Å². The van der Waals surface area contributed by atoms with Crippen LogP contribution in [0.5, 0.6) is 0 Å². The molecule has 0 aliphatic heterocycles. The standard InChI is InChI=1S/C15H23NO7/c1-4-22-13(18)7-6-12(17)11(8-14(19)23-5-2)9-16-10(3)15(20)21/h9-10,16H,4-8H2,1-3H3,(H,20,21)/b11-9-. The van der Waals surface area contributed by atoms with Gasteiger partial charge in [-0.05, 0) is 20.8 Å². The number of Topliss-reactive ketones (excluding diaryl/α,β-unsaturated/α-hetero) is 1. The first-order valence-electron chi connectivity index (χ1n) is 7.34. The Bertz CT molecular complexity index is 470. The summed E-state index contributed by atoms with van der Waals surface area (Å²) in [7, 11) is 0. The van der Waals surface area contributed by atoms with E-state index in [9.17, 15) is 19.2 Å². The predicted octanol–water partition coefficient (Wildman–Crippen LogP) is 0.799.